The fraction of sp³-hybridized carbons (Fsp3) is 0.889. The molecule has 6 heteroatoms. The van der Waals surface area contributed by atoms with Gasteiger partial charge >= 0.3 is 0 Å². The van der Waals surface area contributed by atoms with Crippen molar-refractivity contribution in [1.82, 2.24) is 10.6 Å². The Morgan fingerprint density at radius 2 is 1.50 bits per heavy atom. The lowest BCUT2D eigenvalue weighted by Crippen LogP contribution is -2.53. The lowest BCUT2D eigenvalue weighted by molar-refractivity contribution is -0.133. The van der Waals surface area contributed by atoms with Gasteiger partial charge in [0.15, 0.2) is 11.3 Å². The van der Waals surface area contributed by atoms with Crippen LogP contribution < -0.4 is 10.6 Å². The second-order valence-corrected chi connectivity index (χ2v) is 9.36. The fourth-order valence-corrected chi connectivity index (χ4v) is 3.73. The molecule has 2 atom stereocenters. The predicted octanol–water partition coefficient (Wildman–Crippen LogP) is 3.30. The highest BCUT2D eigenvalue weighted by atomic mass is 19.1. The molecular formula is C18H32F2N2O2. The minimum atomic E-state index is -1.93. The summed E-state index contributed by atoms with van der Waals surface area (Å²) in [4.78, 5) is 23.7. The van der Waals surface area contributed by atoms with Crippen molar-refractivity contribution >= 4 is 11.8 Å². The third-order valence-electron chi connectivity index (χ3n) is 4.53. The monoisotopic (exact) mass is 346 g/mol. The van der Waals surface area contributed by atoms with Gasteiger partial charge in [-0.25, -0.2) is 8.78 Å². The summed E-state index contributed by atoms with van der Waals surface area (Å²) in [6.45, 7) is 11.4. The molecular weight excluding hydrogens is 314 g/mol. The van der Waals surface area contributed by atoms with Crippen LogP contribution >= 0.6 is 0 Å². The molecule has 1 rings (SSSR count). The first-order chi connectivity index (χ1) is 10.5. The third kappa shape index (κ3) is 6.02. The minimum Gasteiger partial charge on any atom is -0.353 e. The van der Waals surface area contributed by atoms with Gasteiger partial charge in [0.05, 0.1) is 0 Å². The van der Waals surface area contributed by atoms with Crippen LogP contribution in [0.2, 0.25) is 0 Å². The van der Waals surface area contributed by atoms with Gasteiger partial charge in [0.2, 0.25) is 0 Å². The Bertz CT molecular complexity index is 492. The SMILES string of the molecule is CC1(C)CC(NC(=O)C(C)(C)F)CC(C)(CNC(=O)C(C)(C)F)C1. The summed E-state index contributed by atoms with van der Waals surface area (Å²) in [6, 6.07) is -0.170. The predicted molar refractivity (Wildman–Crippen MR) is 91.1 cm³/mol. The number of hydrogen-bond acceptors (Lipinski definition) is 2. The zero-order valence-corrected chi connectivity index (χ0v) is 16.0. The lowest BCUT2D eigenvalue weighted by Gasteiger charge is -2.47. The highest BCUT2D eigenvalue weighted by Gasteiger charge is 2.43. The van der Waals surface area contributed by atoms with Crippen LogP contribution in [0.15, 0.2) is 0 Å². The first-order valence-corrected chi connectivity index (χ1v) is 8.51. The number of carbonyl (C=O) groups is 2. The summed E-state index contributed by atoms with van der Waals surface area (Å²) in [5, 5.41) is 5.46. The summed E-state index contributed by atoms with van der Waals surface area (Å²) in [7, 11) is 0. The van der Waals surface area contributed by atoms with E-state index in [1.54, 1.807) is 0 Å². The van der Waals surface area contributed by atoms with E-state index in [0.29, 0.717) is 13.0 Å². The standard InChI is InChI=1S/C18H32F2N2O2/c1-15(2)8-12(22-14(24)17(5,6)20)9-18(7,10-15)11-21-13(23)16(3,4)19/h12H,8-11H2,1-7H3,(H,21,23)(H,22,24). The zero-order chi connectivity index (χ0) is 19.0. The van der Waals surface area contributed by atoms with E-state index >= 15 is 0 Å². The van der Waals surface area contributed by atoms with Crippen molar-refractivity contribution in [2.24, 2.45) is 10.8 Å². The maximum absolute atomic E-state index is 13.8. The fourth-order valence-electron chi connectivity index (χ4n) is 3.73. The normalized spacial score (nSPS) is 27.5. The summed E-state index contributed by atoms with van der Waals surface area (Å²) in [6.07, 6.45) is 2.19. The molecule has 1 saturated carbocycles. The van der Waals surface area contributed by atoms with Gasteiger partial charge in [-0.05, 0) is 57.8 Å². The van der Waals surface area contributed by atoms with Gasteiger partial charge in [-0.15, -0.1) is 0 Å². The highest BCUT2D eigenvalue weighted by molar-refractivity contribution is 5.84. The van der Waals surface area contributed by atoms with E-state index in [9.17, 15) is 18.4 Å². The second-order valence-electron chi connectivity index (χ2n) is 9.36. The number of hydrogen-bond donors (Lipinski definition) is 2. The van der Waals surface area contributed by atoms with E-state index in [1.165, 1.54) is 27.7 Å². The largest absolute Gasteiger partial charge is 0.353 e. The summed E-state index contributed by atoms with van der Waals surface area (Å²) >= 11 is 0. The van der Waals surface area contributed by atoms with Crippen LogP contribution in [-0.4, -0.2) is 35.7 Å². The third-order valence-corrected chi connectivity index (χ3v) is 4.53. The van der Waals surface area contributed by atoms with Gasteiger partial charge < -0.3 is 10.6 Å². The first kappa shape index (κ1) is 20.8. The second kappa shape index (κ2) is 6.60. The number of halogens is 2. The molecule has 0 bridgehead atoms. The van der Waals surface area contributed by atoms with Gasteiger partial charge in [0.1, 0.15) is 0 Å². The number of rotatable bonds is 5. The van der Waals surface area contributed by atoms with Crippen molar-refractivity contribution in [2.45, 2.75) is 85.1 Å². The molecule has 0 spiro atoms. The van der Waals surface area contributed by atoms with Gasteiger partial charge in [-0.2, -0.15) is 0 Å². The molecule has 2 unspecified atom stereocenters. The number of amides is 2. The number of nitrogens with one attached hydrogen (secondary N) is 2. The molecule has 0 saturated heterocycles. The maximum atomic E-state index is 13.8. The Labute approximate surface area is 144 Å². The van der Waals surface area contributed by atoms with Crippen LogP contribution in [-0.2, 0) is 9.59 Å². The van der Waals surface area contributed by atoms with Crippen molar-refractivity contribution in [2.75, 3.05) is 6.54 Å². The molecule has 4 nitrogen and oxygen atoms in total. The summed E-state index contributed by atoms with van der Waals surface area (Å²) in [5.74, 6) is -1.26. The van der Waals surface area contributed by atoms with E-state index in [4.69, 9.17) is 0 Å². The highest BCUT2D eigenvalue weighted by Crippen LogP contribution is 2.46. The molecule has 0 aromatic rings. The Kier molecular flexibility index (Phi) is 5.73. The Balaban J connectivity index is 2.80. The summed E-state index contributed by atoms with van der Waals surface area (Å²) in [5.41, 5.74) is -4.21. The molecule has 0 aromatic carbocycles. The van der Waals surface area contributed by atoms with E-state index in [-0.39, 0.29) is 16.9 Å². The molecule has 0 aromatic heterocycles. The average molecular weight is 346 g/mol. The van der Waals surface area contributed by atoms with Crippen molar-refractivity contribution < 1.29 is 18.4 Å². The first-order valence-electron chi connectivity index (χ1n) is 8.51. The molecule has 1 aliphatic carbocycles. The smallest absolute Gasteiger partial charge is 0.257 e. The molecule has 140 valence electrons. The Morgan fingerprint density at radius 1 is 1.00 bits per heavy atom. The summed E-state index contributed by atoms with van der Waals surface area (Å²) < 4.78 is 27.5. The van der Waals surface area contributed by atoms with Crippen LogP contribution in [0.25, 0.3) is 0 Å². The van der Waals surface area contributed by atoms with E-state index in [0.717, 1.165) is 12.8 Å². The van der Waals surface area contributed by atoms with E-state index in [1.807, 2.05) is 6.92 Å². The number of alkyl halides is 2. The van der Waals surface area contributed by atoms with E-state index < -0.39 is 23.2 Å². The molecule has 2 N–H and O–H groups in total. The van der Waals surface area contributed by atoms with Gasteiger partial charge in [-0.1, -0.05) is 20.8 Å². The van der Waals surface area contributed by atoms with Gasteiger partial charge in [0.25, 0.3) is 11.8 Å². The minimum absolute atomic E-state index is 0.0681. The molecule has 1 aliphatic rings. The van der Waals surface area contributed by atoms with Crippen molar-refractivity contribution in [3.8, 4) is 0 Å². The molecule has 0 radical (unpaired) electrons. The van der Waals surface area contributed by atoms with Crippen LogP contribution in [0.3, 0.4) is 0 Å². The van der Waals surface area contributed by atoms with Gasteiger partial charge in [-0.3, -0.25) is 9.59 Å². The van der Waals surface area contributed by atoms with Crippen LogP contribution in [0, 0.1) is 10.8 Å². The van der Waals surface area contributed by atoms with E-state index in [2.05, 4.69) is 24.5 Å². The van der Waals surface area contributed by atoms with Crippen LogP contribution in [0.4, 0.5) is 8.78 Å². The lowest BCUT2D eigenvalue weighted by atomic mass is 9.62. The molecule has 2 amide bonds. The molecule has 1 fully saturated rings. The molecule has 0 heterocycles. The van der Waals surface area contributed by atoms with Crippen molar-refractivity contribution in [3.63, 3.8) is 0 Å². The van der Waals surface area contributed by atoms with Crippen LogP contribution in [0.1, 0.15) is 67.7 Å². The van der Waals surface area contributed by atoms with Crippen molar-refractivity contribution in [3.05, 3.63) is 0 Å². The quantitative estimate of drug-likeness (QED) is 0.802. The molecule has 0 aliphatic heterocycles. The number of carbonyl (C=O) groups excluding carboxylic acids is 2. The zero-order valence-electron chi connectivity index (χ0n) is 16.0. The molecule has 24 heavy (non-hydrogen) atoms. The topological polar surface area (TPSA) is 58.2 Å². The van der Waals surface area contributed by atoms with Gasteiger partial charge in [0, 0.05) is 12.6 Å². The maximum Gasteiger partial charge on any atom is 0.257 e. The van der Waals surface area contributed by atoms with Crippen LogP contribution in [0.5, 0.6) is 0 Å². The average Bonchev–Trinajstić information content (AvgIpc) is 2.31. The van der Waals surface area contributed by atoms with Crippen molar-refractivity contribution in [1.29, 1.82) is 0 Å². The Morgan fingerprint density at radius 3 is 1.96 bits per heavy atom. The Hall–Kier alpha value is -1.20.